The van der Waals surface area contributed by atoms with Gasteiger partial charge in [0.2, 0.25) is 0 Å². The molecule has 0 fully saturated rings. The van der Waals surface area contributed by atoms with Crippen LogP contribution in [0.2, 0.25) is 0 Å². The van der Waals surface area contributed by atoms with Crippen LogP contribution in [0.25, 0.3) is 16.8 Å². The van der Waals surface area contributed by atoms with Crippen LogP contribution in [0.15, 0.2) is 82.8 Å². The number of nitrogens with zero attached hydrogens (tertiary/aromatic N) is 1. The van der Waals surface area contributed by atoms with Crippen molar-refractivity contribution in [1.82, 2.24) is 0 Å². The third-order valence-electron chi connectivity index (χ3n) is 5.85. The van der Waals surface area contributed by atoms with E-state index in [-0.39, 0.29) is 5.57 Å². The maximum absolute atomic E-state index is 12.8. The highest BCUT2D eigenvalue weighted by atomic mass is 79.9. The van der Waals surface area contributed by atoms with Gasteiger partial charge in [0.05, 0.1) is 7.11 Å². The molecule has 4 aromatic carbocycles. The van der Waals surface area contributed by atoms with Crippen molar-refractivity contribution < 1.29 is 14.3 Å². The molecule has 0 aliphatic rings. The van der Waals surface area contributed by atoms with E-state index in [1.54, 1.807) is 19.2 Å². The van der Waals surface area contributed by atoms with Crippen LogP contribution in [-0.2, 0) is 11.4 Å². The zero-order chi connectivity index (χ0) is 25.7. The van der Waals surface area contributed by atoms with Gasteiger partial charge in [-0.2, -0.15) is 5.26 Å². The van der Waals surface area contributed by atoms with E-state index in [0.29, 0.717) is 33.8 Å². The molecule has 0 aliphatic heterocycles. The van der Waals surface area contributed by atoms with E-state index >= 15 is 0 Å². The Labute approximate surface area is 219 Å². The molecule has 0 aliphatic carbocycles. The van der Waals surface area contributed by atoms with Crippen LogP contribution in [0, 0.1) is 25.2 Å². The van der Waals surface area contributed by atoms with Gasteiger partial charge < -0.3 is 14.8 Å². The van der Waals surface area contributed by atoms with E-state index in [2.05, 4.69) is 39.4 Å². The molecule has 4 rings (SSSR count). The number of ether oxygens (including phenoxy) is 2. The van der Waals surface area contributed by atoms with Gasteiger partial charge in [0, 0.05) is 10.2 Å². The van der Waals surface area contributed by atoms with Crippen molar-refractivity contribution in [3.8, 4) is 17.6 Å². The standard InChI is InChI=1S/C30H25BrN2O3/c1-19-11-12-20(2)27(13-19)33-30(34)24(17-32)14-23-15-28(35-3)29(16-26(23)31)36-18-22-9-6-8-21-7-4-5-10-25(21)22/h4-16H,18H2,1-3H3,(H,33,34)/b24-14+. The minimum Gasteiger partial charge on any atom is -0.493 e. The highest BCUT2D eigenvalue weighted by molar-refractivity contribution is 9.10. The second kappa shape index (κ2) is 11.1. The fraction of sp³-hybridized carbons (Fsp3) is 0.133. The molecular formula is C30H25BrN2O3. The lowest BCUT2D eigenvalue weighted by Gasteiger charge is -2.14. The lowest BCUT2D eigenvalue weighted by molar-refractivity contribution is -0.112. The van der Waals surface area contributed by atoms with Gasteiger partial charge in [0.25, 0.3) is 5.91 Å². The van der Waals surface area contributed by atoms with Crippen molar-refractivity contribution in [2.24, 2.45) is 0 Å². The third kappa shape index (κ3) is 5.59. The number of fused-ring (bicyclic) bond motifs is 1. The molecule has 0 saturated heterocycles. The Morgan fingerprint density at radius 1 is 1.03 bits per heavy atom. The summed E-state index contributed by atoms with van der Waals surface area (Å²) in [5.74, 6) is 0.568. The van der Waals surface area contributed by atoms with Gasteiger partial charge in [-0.05, 0) is 71.1 Å². The number of hydrogen-bond acceptors (Lipinski definition) is 4. The van der Waals surface area contributed by atoms with Crippen LogP contribution in [0.1, 0.15) is 22.3 Å². The maximum Gasteiger partial charge on any atom is 0.266 e. The Morgan fingerprint density at radius 3 is 2.58 bits per heavy atom. The SMILES string of the molecule is COc1cc(/C=C(\C#N)C(=O)Nc2cc(C)ccc2C)c(Br)cc1OCc1cccc2ccccc12. The molecule has 6 heteroatoms. The first-order valence-electron chi connectivity index (χ1n) is 11.4. The van der Waals surface area contributed by atoms with E-state index in [0.717, 1.165) is 27.5 Å². The molecule has 0 spiro atoms. The van der Waals surface area contributed by atoms with Crippen LogP contribution in [0.3, 0.4) is 0 Å². The molecule has 0 atom stereocenters. The van der Waals surface area contributed by atoms with Gasteiger partial charge in [-0.15, -0.1) is 0 Å². The van der Waals surface area contributed by atoms with Crippen LogP contribution in [-0.4, -0.2) is 13.0 Å². The smallest absolute Gasteiger partial charge is 0.266 e. The van der Waals surface area contributed by atoms with Gasteiger partial charge in [-0.1, -0.05) is 70.5 Å². The van der Waals surface area contributed by atoms with Crippen molar-refractivity contribution in [1.29, 1.82) is 5.26 Å². The summed E-state index contributed by atoms with van der Waals surface area (Å²) in [7, 11) is 1.56. The van der Waals surface area contributed by atoms with Crippen molar-refractivity contribution in [2.45, 2.75) is 20.5 Å². The van der Waals surface area contributed by atoms with Gasteiger partial charge in [-0.25, -0.2) is 0 Å². The van der Waals surface area contributed by atoms with E-state index < -0.39 is 5.91 Å². The largest absolute Gasteiger partial charge is 0.493 e. The Kier molecular flexibility index (Phi) is 7.72. The highest BCUT2D eigenvalue weighted by Crippen LogP contribution is 2.35. The number of amides is 1. The maximum atomic E-state index is 12.8. The number of hydrogen-bond donors (Lipinski definition) is 1. The van der Waals surface area contributed by atoms with Crippen LogP contribution < -0.4 is 14.8 Å². The first-order valence-corrected chi connectivity index (χ1v) is 12.2. The van der Waals surface area contributed by atoms with E-state index in [9.17, 15) is 10.1 Å². The third-order valence-corrected chi connectivity index (χ3v) is 6.54. The number of halogens is 1. The Hall–Kier alpha value is -4.08. The molecule has 0 saturated carbocycles. The van der Waals surface area contributed by atoms with E-state index in [1.165, 1.54) is 6.08 Å². The molecule has 180 valence electrons. The fourth-order valence-electron chi connectivity index (χ4n) is 3.87. The molecule has 1 amide bonds. The normalized spacial score (nSPS) is 11.1. The molecule has 36 heavy (non-hydrogen) atoms. The summed E-state index contributed by atoms with van der Waals surface area (Å²) in [5.41, 5.74) is 4.27. The number of benzene rings is 4. The van der Waals surface area contributed by atoms with Crippen molar-refractivity contribution in [2.75, 3.05) is 12.4 Å². The van der Waals surface area contributed by atoms with Crippen molar-refractivity contribution in [3.05, 3.63) is 105 Å². The Morgan fingerprint density at radius 2 is 1.81 bits per heavy atom. The number of carbonyl (C=O) groups excluding carboxylic acids is 1. The molecule has 0 radical (unpaired) electrons. The minimum atomic E-state index is -0.478. The lowest BCUT2D eigenvalue weighted by atomic mass is 10.1. The summed E-state index contributed by atoms with van der Waals surface area (Å²) in [6, 6.07) is 25.6. The van der Waals surface area contributed by atoms with Gasteiger partial charge >= 0.3 is 0 Å². The minimum absolute atomic E-state index is 0.0249. The average Bonchev–Trinajstić information content (AvgIpc) is 2.88. The zero-order valence-electron chi connectivity index (χ0n) is 20.3. The Bertz CT molecular complexity index is 1510. The van der Waals surface area contributed by atoms with Crippen molar-refractivity contribution in [3.63, 3.8) is 0 Å². The molecule has 4 aromatic rings. The zero-order valence-corrected chi connectivity index (χ0v) is 21.8. The van der Waals surface area contributed by atoms with Crippen LogP contribution in [0.4, 0.5) is 5.69 Å². The van der Waals surface area contributed by atoms with Gasteiger partial charge in [0.1, 0.15) is 18.2 Å². The summed E-state index contributed by atoms with van der Waals surface area (Å²) in [4.78, 5) is 12.8. The number of aryl methyl sites for hydroxylation is 2. The van der Waals surface area contributed by atoms with Gasteiger partial charge in [0.15, 0.2) is 11.5 Å². The fourth-order valence-corrected chi connectivity index (χ4v) is 4.31. The molecular weight excluding hydrogens is 516 g/mol. The predicted octanol–water partition coefficient (Wildman–Crippen LogP) is 7.35. The summed E-state index contributed by atoms with van der Waals surface area (Å²) < 4.78 is 12.3. The number of methoxy groups -OCH3 is 1. The number of carbonyl (C=O) groups is 1. The number of nitriles is 1. The van der Waals surface area contributed by atoms with Crippen LogP contribution in [0.5, 0.6) is 11.5 Å². The summed E-state index contributed by atoms with van der Waals surface area (Å²) in [6.45, 7) is 4.22. The van der Waals surface area contributed by atoms with Crippen molar-refractivity contribution >= 4 is 44.4 Å². The monoisotopic (exact) mass is 540 g/mol. The molecule has 5 nitrogen and oxygen atoms in total. The molecule has 0 bridgehead atoms. The molecule has 0 aromatic heterocycles. The first kappa shape index (κ1) is 25.0. The number of anilines is 1. The molecule has 0 heterocycles. The van der Waals surface area contributed by atoms with Crippen LogP contribution >= 0.6 is 15.9 Å². The molecule has 1 N–H and O–H groups in total. The second-order valence-electron chi connectivity index (χ2n) is 8.39. The van der Waals surface area contributed by atoms with E-state index in [4.69, 9.17) is 9.47 Å². The summed E-state index contributed by atoms with van der Waals surface area (Å²) >= 11 is 3.55. The topological polar surface area (TPSA) is 71.3 Å². The number of rotatable bonds is 7. The van der Waals surface area contributed by atoms with E-state index in [1.807, 2.05) is 62.4 Å². The first-order chi connectivity index (χ1) is 17.4. The summed E-state index contributed by atoms with van der Waals surface area (Å²) in [5, 5.41) is 14.8. The predicted molar refractivity (Wildman–Crippen MR) is 147 cm³/mol. The number of nitrogens with one attached hydrogen (secondary N) is 1. The lowest BCUT2D eigenvalue weighted by Crippen LogP contribution is -2.14. The quantitative estimate of drug-likeness (QED) is 0.196. The highest BCUT2D eigenvalue weighted by Gasteiger charge is 2.15. The average molecular weight is 541 g/mol. The summed E-state index contributed by atoms with van der Waals surface area (Å²) in [6.07, 6.45) is 1.53. The second-order valence-corrected chi connectivity index (χ2v) is 9.25. The molecule has 0 unspecified atom stereocenters. The Balaban J connectivity index is 1.58. The van der Waals surface area contributed by atoms with Gasteiger partial charge in [-0.3, -0.25) is 4.79 Å².